The molecule has 19 heavy (non-hydrogen) atoms. The van der Waals surface area contributed by atoms with Crippen LogP contribution in [0, 0.1) is 0 Å². The zero-order valence-corrected chi connectivity index (χ0v) is 12.4. The molecular weight excluding hydrogens is 236 g/mol. The van der Waals surface area contributed by atoms with Gasteiger partial charge in [0.15, 0.2) is 0 Å². The lowest BCUT2D eigenvalue weighted by Gasteiger charge is -2.26. The van der Waals surface area contributed by atoms with Crippen LogP contribution in [0.3, 0.4) is 0 Å². The molecule has 1 aromatic rings. The first-order valence-corrected chi connectivity index (χ1v) is 7.30. The highest BCUT2D eigenvalue weighted by Gasteiger charge is 2.16. The second-order valence-electron chi connectivity index (χ2n) is 4.70. The van der Waals surface area contributed by atoms with Crippen molar-refractivity contribution in [2.24, 2.45) is 0 Å². The predicted molar refractivity (Wildman–Crippen MR) is 81.5 cm³/mol. The van der Waals surface area contributed by atoms with E-state index in [1.807, 2.05) is 42.2 Å². The largest absolute Gasteiger partial charge is 0.312 e. The van der Waals surface area contributed by atoms with Gasteiger partial charge in [0, 0.05) is 12.2 Å². The number of anilines is 1. The van der Waals surface area contributed by atoms with Gasteiger partial charge in [-0.25, -0.2) is 0 Å². The first-order valence-electron chi connectivity index (χ1n) is 7.30. The van der Waals surface area contributed by atoms with Crippen molar-refractivity contribution in [1.29, 1.82) is 0 Å². The van der Waals surface area contributed by atoms with Crippen LogP contribution in [0.1, 0.15) is 33.6 Å². The minimum absolute atomic E-state index is 0.187. The Labute approximate surface area is 117 Å². The fourth-order valence-electron chi connectivity index (χ4n) is 2.12. The van der Waals surface area contributed by atoms with Crippen molar-refractivity contribution in [3.63, 3.8) is 0 Å². The molecule has 0 aliphatic carbocycles. The maximum atomic E-state index is 12.4. The van der Waals surface area contributed by atoms with Gasteiger partial charge in [-0.15, -0.1) is 0 Å². The molecule has 1 aromatic carbocycles. The van der Waals surface area contributed by atoms with Crippen LogP contribution in [0.5, 0.6) is 0 Å². The monoisotopic (exact) mass is 262 g/mol. The highest BCUT2D eigenvalue weighted by molar-refractivity contribution is 5.94. The summed E-state index contributed by atoms with van der Waals surface area (Å²) in [5, 5.41) is 0. The van der Waals surface area contributed by atoms with Crippen LogP contribution in [-0.4, -0.2) is 37.0 Å². The van der Waals surface area contributed by atoms with Crippen LogP contribution in [0.25, 0.3) is 0 Å². The van der Waals surface area contributed by atoms with E-state index in [0.29, 0.717) is 13.1 Å². The zero-order valence-electron chi connectivity index (χ0n) is 12.4. The highest BCUT2D eigenvalue weighted by atomic mass is 16.2. The van der Waals surface area contributed by atoms with Crippen molar-refractivity contribution in [1.82, 2.24) is 4.90 Å². The number of likely N-dealkylation sites (N-methyl/N-ethyl adjacent to an activating group) is 2. The molecule has 0 fully saturated rings. The van der Waals surface area contributed by atoms with E-state index in [0.717, 1.165) is 25.2 Å². The standard InChI is InChI=1S/C16H26N2O/c1-4-7-13-17(5-2)14-16(19)18(6-3)15-11-9-8-10-12-15/h8-12H,4-7,13-14H2,1-3H3. The summed E-state index contributed by atoms with van der Waals surface area (Å²) in [5.74, 6) is 0.187. The molecule has 0 heterocycles. The topological polar surface area (TPSA) is 23.6 Å². The smallest absolute Gasteiger partial charge is 0.241 e. The summed E-state index contributed by atoms with van der Waals surface area (Å²) in [6, 6.07) is 9.90. The van der Waals surface area contributed by atoms with E-state index >= 15 is 0 Å². The van der Waals surface area contributed by atoms with Crippen molar-refractivity contribution in [3.8, 4) is 0 Å². The van der Waals surface area contributed by atoms with Gasteiger partial charge in [0.2, 0.25) is 5.91 Å². The Bertz CT molecular complexity index is 364. The third-order valence-electron chi connectivity index (χ3n) is 3.32. The number of hydrogen-bond acceptors (Lipinski definition) is 2. The molecule has 1 amide bonds. The number of para-hydroxylation sites is 1. The van der Waals surface area contributed by atoms with Crippen LogP contribution in [0.15, 0.2) is 30.3 Å². The fraction of sp³-hybridized carbons (Fsp3) is 0.562. The van der Waals surface area contributed by atoms with Gasteiger partial charge in [-0.05, 0) is 38.6 Å². The summed E-state index contributed by atoms with van der Waals surface area (Å²) in [7, 11) is 0. The molecular formula is C16H26N2O. The number of amides is 1. The van der Waals surface area contributed by atoms with E-state index < -0.39 is 0 Å². The summed E-state index contributed by atoms with van der Waals surface area (Å²) in [6.07, 6.45) is 2.32. The molecule has 0 bridgehead atoms. The van der Waals surface area contributed by atoms with Crippen molar-refractivity contribution in [2.45, 2.75) is 33.6 Å². The summed E-state index contributed by atoms with van der Waals surface area (Å²) in [4.78, 5) is 16.5. The molecule has 0 aliphatic rings. The number of benzene rings is 1. The number of unbranched alkanes of at least 4 members (excludes halogenated alkanes) is 1. The zero-order chi connectivity index (χ0) is 14.1. The van der Waals surface area contributed by atoms with Crippen LogP contribution < -0.4 is 4.90 Å². The molecule has 0 saturated heterocycles. The molecule has 0 aliphatic heterocycles. The van der Waals surface area contributed by atoms with Crippen molar-refractivity contribution in [3.05, 3.63) is 30.3 Å². The third-order valence-corrected chi connectivity index (χ3v) is 3.32. The maximum Gasteiger partial charge on any atom is 0.241 e. The summed E-state index contributed by atoms with van der Waals surface area (Å²) < 4.78 is 0. The minimum Gasteiger partial charge on any atom is -0.312 e. The molecule has 0 unspecified atom stereocenters. The normalized spacial score (nSPS) is 10.7. The first-order chi connectivity index (χ1) is 9.22. The fourth-order valence-corrected chi connectivity index (χ4v) is 2.12. The van der Waals surface area contributed by atoms with Crippen LogP contribution >= 0.6 is 0 Å². The van der Waals surface area contributed by atoms with Gasteiger partial charge in [-0.2, -0.15) is 0 Å². The Morgan fingerprint density at radius 1 is 1.05 bits per heavy atom. The van der Waals surface area contributed by atoms with Crippen molar-refractivity contribution >= 4 is 11.6 Å². The Hall–Kier alpha value is -1.35. The summed E-state index contributed by atoms with van der Waals surface area (Å²) in [6.45, 7) is 9.48. The number of nitrogens with zero attached hydrogens (tertiary/aromatic N) is 2. The Morgan fingerprint density at radius 2 is 1.74 bits per heavy atom. The SMILES string of the molecule is CCCCN(CC)CC(=O)N(CC)c1ccccc1. The molecule has 106 valence electrons. The van der Waals surface area contributed by atoms with Gasteiger partial charge in [-0.3, -0.25) is 9.69 Å². The van der Waals surface area contributed by atoms with E-state index in [1.165, 1.54) is 6.42 Å². The van der Waals surface area contributed by atoms with Gasteiger partial charge in [-0.1, -0.05) is 38.5 Å². The molecule has 1 rings (SSSR count). The lowest BCUT2D eigenvalue weighted by Crippen LogP contribution is -2.40. The maximum absolute atomic E-state index is 12.4. The first kappa shape index (κ1) is 15.7. The van der Waals surface area contributed by atoms with E-state index in [-0.39, 0.29) is 5.91 Å². The molecule has 0 atom stereocenters. The second kappa shape index (κ2) is 8.70. The molecule has 0 spiro atoms. The summed E-state index contributed by atoms with van der Waals surface area (Å²) >= 11 is 0. The highest BCUT2D eigenvalue weighted by Crippen LogP contribution is 2.13. The quantitative estimate of drug-likeness (QED) is 0.718. The average Bonchev–Trinajstić information content (AvgIpc) is 2.45. The number of carbonyl (C=O) groups excluding carboxylic acids is 1. The van der Waals surface area contributed by atoms with Crippen molar-refractivity contribution < 1.29 is 4.79 Å². The van der Waals surface area contributed by atoms with E-state index in [1.54, 1.807) is 0 Å². The van der Waals surface area contributed by atoms with Gasteiger partial charge in [0.25, 0.3) is 0 Å². The predicted octanol–water partition coefficient (Wildman–Crippen LogP) is 3.16. The third kappa shape index (κ3) is 5.03. The van der Waals surface area contributed by atoms with Crippen LogP contribution in [0.2, 0.25) is 0 Å². The second-order valence-corrected chi connectivity index (χ2v) is 4.70. The Balaban J connectivity index is 2.63. The number of rotatable bonds is 8. The van der Waals surface area contributed by atoms with Gasteiger partial charge in [0.05, 0.1) is 6.54 Å². The summed E-state index contributed by atoms with van der Waals surface area (Å²) in [5.41, 5.74) is 0.988. The number of carbonyl (C=O) groups is 1. The van der Waals surface area contributed by atoms with E-state index in [9.17, 15) is 4.79 Å². The van der Waals surface area contributed by atoms with Gasteiger partial charge in [0.1, 0.15) is 0 Å². The molecule has 3 heteroatoms. The molecule has 0 N–H and O–H groups in total. The van der Waals surface area contributed by atoms with Gasteiger partial charge >= 0.3 is 0 Å². The molecule has 3 nitrogen and oxygen atoms in total. The van der Waals surface area contributed by atoms with E-state index in [2.05, 4.69) is 18.7 Å². The number of hydrogen-bond donors (Lipinski definition) is 0. The lowest BCUT2D eigenvalue weighted by molar-refractivity contribution is -0.119. The molecule has 0 aromatic heterocycles. The molecule has 0 saturated carbocycles. The van der Waals surface area contributed by atoms with Gasteiger partial charge < -0.3 is 4.90 Å². The minimum atomic E-state index is 0.187. The van der Waals surface area contributed by atoms with Crippen LogP contribution in [-0.2, 0) is 4.79 Å². The van der Waals surface area contributed by atoms with E-state index in [4.69, 9.17) is 0 Å². The van der Waals surface area contributed by atoms with Crippen LogP contribution in [0.4, 0.5) is 5.69 Å². The van der Waals surface area contributed by atoms with Crippen molar-refractivity contribution in [2.75, 3.05) is 31.1 Å². The molecule has 0 radical (unpaired) electrons. The lowest BCUT2D eigenvalue weighted by atomic mass is 10.2. The Morgan fingerprint density at radius 3 is 2.26 bits per heavy atom. The Kier molecular flexibility index (Phi) is 7.19. The average molecular weight is 262 g/mol.